The lowest BCUT2D eigenvalue weighted by Gasteiger charge is -2.32. The Balaban J connectivity index is 1.70. The van der Waals surface area contributed by atoms with Crippen LogP contribution in [-0.2, 0) is 16.1 Å². The molecule has 1 aromatic rings. The fraction of sp³-hybridized carbons (Fsp3) is 0.625. The lowest BCUT2D eigenvalue weighted by atomic mass is 10.2. The predicted octanol–water partition coefficient (Wildman–Crippen LogP) is 1.29. The number of para-hydroxylation sites is 1. The molecule has 2 atom stereocenters. The van der Waals surface area contributed by atoms with Gasteiger partial charge >= 0.3 is 0 Å². The molecule has 0 radical (unpaired) electrons. The SMILES string of the molecule is COc1ccccc1COC[C@H](O)CN1CCO[C@@H](C)C1. The molecule has 1 saturated heterocycles. The monoisotopic (exact) mass is 295 g/mol. The van der Waals surface area contributed by atoms with E-state index in [4.69, 9.17) is 14.2 Å². The summed E-state index contributed by atoms with van der Waals surface area (Å²) in [4.78, 5) is 2.21. The number of β-amino-alcohol motifs (C(OH)–C–C–N with tert-alkyl or cyclic N) is 1. The number of aliphatic hydroxyl groups excluding tert-OH is 1. The highest BCUT2D eigenvalue weighted by atomic mass is 16.5. The molecule has 1 fully saturated rings. The summed E-state index contributed by atoms with van der Waals surface area (Å²) >= 11 is 0. The maximum absolute atomic E-state index is 10.1. The third kappa shape index (κ3) is 5.28. The van der Waals surface area contributed by atoms with E-state index in [-0.39, 0.29) is 6.10 Å². The Labute approximate surface area is 126 Å². The fourth-order valence-corrected chi connectivity index (χ4v) is 2.53. The predicted molar refractivity (Wildman–Crippen MR) is 80.5 cm³/mol. The lowest BCUT2D eigenvalue weighted by Crippen LogP contribution is -2.45. The Morgan fingerprint density at radius 1 is 1.43 bits per heavy atom. The molecule has 1 aliphatic rings. The molecule has 0 bridgehead atoms. The highest BCUT2D eigenvalue weighted by Crippen LogP contribution is 2.18. The third-order valence-electron chi connectivity index (χ3n) is 3.55. The summed E-state index contributed by atoms with van der Waals surface area (Å²) in [5.74, 6) is 0.814. The van der Waals surface area contributed by atoms with Crippen molar-refractivity contribution >= 4 is 0 Å². The van der Waals surface area contributed by atoms with Crippen molar-refractivity contribution in [3.8, 4) is 5.75 Å². The van der Waals surface area contributed by atoms with Crippen LogP contribution in [0.15, 0.2) is 24.3 Å². The molecule has 0 aromatic heterocycles. The summed E-state index contributed by atoms with van der Waals surface area (Å²) in [6, 6.07) is 7.75. The molecular formula is C16H25NO4. The van der Waals surface area contributed by atoms with Gasteiger partial charge in [0.05, 0.1) is 39.1 Å². The van der Waals surface area contributed by atoms with Gasteiger partial charge in [-0.3, -0.25) is 4.90 Å². The first-order valence-corrected chi connectivity index (χ1v) is 7.40. The minimum Gasteiger partial charge on any atom is -0.496 e. The largest absolute Gasteiger partial charge is 0.496 e. The van der Waals surface area contributed by atoms with Crippen LogP contribution < -0.4 is 4.74 Å². The van der Waals surface area contributed by atoms with Crippen LogP contribution in [0, 0.1) is 0 Å². The number of nitrogens with zero attached hydrogens (tertiary/aromatic N) is 1. The van der Waals surface area contributed by atoms with Crippen LogP contribution in [-0.4, -0.2) is 62.2 Å². The van der Waals surface area contributed by atoms with Crippen LogP contribution in [0.5, 0.6) is 5.75 Å². The maximum Gasteiger partial charge on any atom is 0.124 e. The first-order chi connectivity index (χ1) is 10.2. The van der Waals surface area contributed by atoms with E-state index in [1.807, 2.05) is 24.3 Å². The van der Waals surface area contributed by atoms with E-state index >= 15 is 0 Å². The van der Waals surface area contributed by atoms with E-state index in [0.717, 1.165) is 31.0 Å². The van der Waals surface area contributed by atoms with Gasteiger partial charge in [-0.1, -0.05) is 18.2 Å². The molecule has 118 valence electrons. The summed E-state index contributed by atoms with van der Waals surface area (Å²) in [6.07, 6.45) is -0.245. The minimum atomic E-state index is -0.481. The molecule has 1 aromatic carbocycles. The van der Waals surface area contributed by atoms with E-state index < -0.39 is 6.10 Å². The van der Waals surface area contributed by atoms with Crippen molar-refractivity contribution in [2.24, 2.45) is 0 Å². The Morgan fingerprint density at radius 2 is 2.24 bits per heavy atom. The molecule has 5 heteroatoms. The molecule has 2 rings (SSSR count). The topological polar surface area (TPSA) is 51.2 Å². The molecule has 1 aliphatic heterocycles. The first-order valence-electron chi connectivity index (χ1n) is 7.40. The molecular weight excluding hydrogens is 270 g/mol. The fourth-order valence-electron chi connectivity index (χ4n) is 2.53. The molecule has 0 amide bonds. The van der Waals surface area contributed by atoms with Crippen LogP contribution in [0.4, 0.5) is 0 Å². The van der Waals surface area contributed by atoms with E-state index in [9.17, 15) is 5.11 Å². The summed E-state index contributed by atoms with van der Waals surface area (Å²) in [5.41, 5.74) is 0.993. The van der Waals surface area contributed by atoms with Gasteiger partial charge in [0, 0.05) is 25.2 Å². The van der Waals surface area contributed by atoms with Crippen molar-refractivity contribution in [1.82, 2.24) is 4.90 Å². The molecule has 1 heterocycles. The number of methoxy groups -OCH3 is 1. The van der Waals surface area contributed by atoms with Crippen LogP contribution in [0.25, 0.3) is 0 Å². The second-order valence-corrected chi connectivity index (χ2v) is 5.42. The summed E-state index contributed by atoms with van der Waals surface area (Å²) in [5, 5.41) is 10.1. The molecule has 0 aliphatic carbocycles. The van der Waals surface area contributed by atoms with E-state index in [1.165, 1.54) is 0 Å². The van der Waals surface area contributed by atoms with Gasteiger partial charge in [0.25, 0.3) is 0 Å². The van der Waals surface area contributed by atoms with Crippen LogP contribution in [0.1, 0.15) is 12.5 Å². The number of ether oxygens (including phenoxy) is 3. The van der Waals surface area contributed by atoms with Gasteiger partial charge in [0.15, 0.2) is 0 Å². The van der Waals surface area contributed by atoms with Gasteiger partial charge in [-0.2, -0.15) is 0 Å². The number of morpholine rings is 1. The van der Waals surface area contributed by atoms with Crippen molar-refractivity contribution < 1.29 is 19.3 Å². The summed E-state index contributed by atoms with van der Waals surface area (Å²) in [6.45, 7) is 5.91. The number of hydrogen-bond acceptors (Lipinski definition) is 5. The van der Waals surface area contributed by atoms with Gasteiger partial charge in [-0.25, -0.2) is 0 Å². The molecule has 0 spiro atoms. The lowest BCUT2D eigenvalue weighted by molar-refractivity contribution is -0.0456. The average Bonchev–Trinajstić information content (AvgIpc) is 2.47. The second kappa shape index (κ2) is 8.34. The van der Waals surface area contributed by atoms with E-state index in [1.54, 1.807) is 7.11 Å². The Bertz CT molecular complexity index is 426. The first kappa shape index (κ1) is 16.2. The van der Waals surface area contributed by atoms with Crippen molar-refractivity contribution in [2.45, 2.75) is 25.7 Å². The Morgan fingerprint density at radius 3 is 3.00 bits per heavy atom. The van der Waals surface area contributed by atoms with Crippen LogP contribution in [0.3, 0.4) is 0 Å². The van der Waals surface area contributed by atoms with Gasteiger partial charge in [0.1, 0.15) is 5.75 Å². The number of benzene rings is 1. The van der Waals surface area contributed by atoms with E-state index in [2.05, 4.69) is 11.8 Å². The molecule has 1 N–H and O–H groups in total. The van der Waals surface area contributed by atoms with Gasteiger partial charge in [-0.05, 0) is 13.0 Å². The standard InChI is InChI=1S/C16H25NO4/c1-13-9-17(7-8-21-13)10-15(18)12-20-11-14-5-3-4-6-16(14)19-2/h3-6,13,15,18H,7-12H2,1-2H3/t13-,15+/m0/s1. The zero-order valence-corrected chi connectivity index (χ0v) is 12.8. The Kier molecular flexibility index (Phi) is 6.45. The van der Waals surface area contributed by atoms with Crippen LogP contribution >= 0.6 is 0 Å². The van der Waals surface area contributed by atoms with E-state index in [0.29, 0.717) is 19.8 Å². The number of rotatable bonds is 7. The number of aliphatic hydroxyl groups is 1. The van der Waals surface area contributed by atoms with Crippen molar-refractivity contribution in [3.63, 3.8) is 0 Å². The third-order valence-corrected chi connectivity index (χ3v) is 3.55. The van der Waals surface area contributed by atoms with Crippen LogP contribution in [0.2, 0.25) is 0 Å². The zero-order chi connectivity index (χ0) is 15.1. The van der Waals surface area contributed by atoms with Crippen molar-refractivity contribution in [2.75, 3.05) is 40.0 Å². The molecule has 0 saturated carbocycles. The van der Waals surface area contributed by atoms with Gasteiger partial charge < -0.3 is 19.3 Å². The normalized spacial score (nSPS) is 21.2. The zero-order valence-electron chi connectivity index (χ0n) is 12.8. The highest BCUT2D eigenvalue weighted by molar-refractivity contribution is 5.32. The summed E-state index contributed by atoms with van der Waals surface area (Å²) < 4.78 is 16.4. The number of hydrogen-bond donors (Lipinski definition) is 1. The summed E-state index contributed by atoms with van der Waals surface area (Å²) in [7, 11) is 1.65. The highest BCUT2D eigenvalue weighted by Gasteiger charge is 2.19. The second-order valence-electron chi connectivity index (χ2n) is 5.42. The van der Waals surface area contributed by atoms with Gasteiger partial charge in [-0.15, -0.1) is 0 Å². The van der Waals surface area contributed by atoms with Gasteiger partial charge in [0.2, 0.25) is 0 Å². The van der Waals surface area contributed by atoms with Crippen molar-refractivity contribution in [1.29, 1.82) is 0 Å². The van der Waals surface area contributed by atoms with Crippen molar-refractivity contribution in [3.05, 3.63) is 29.8 Å². The minimum absolute atomic E-state index is 0.237. The molecule has 5 nitrogen and oxygen atoms in total. The molecule has 21 heavy (non-hydrogen) atoms. The average molecular weight is 295 g/mol. The maximum atomic E-state index is 10.1. The Hall–Kier alpha value is -1.14. The quantitative estimate of drug-likeness (QED) is 0.821. The molecule has 0 unspecified atom stereocenters. The smallest absolute Gasteiger partial charge is 0.124 e.